The van der Waals surface area contributed by atoms with E-state index in [-0.39, 0.29) is 5.78 Å². The highest BCUT2D eigenvalue weighted by Gasteiger charge is 2.08. The molecule has 0 aromatic rings. The minimum atomic E-state index is 0.171. The molecular formula is C13H26O3S. The summed E-state index contributed by atoms with van der Waals surface area (Å²) in [6.45, 7) is 10.8. The number of rotatable bonds is 10. The summed E-state index contributed by atoms with van der Waals surface area (Å²) >= 11 is 1.92. The van der Waals surface area contributed by atoms with Crippen LogP contribution in [0.25, 0.3) is 0 Å². The van der Waals surface area contributed by atoms with Gasteiger partial charge in [0.25, 0.3) is 0 Å². The summed E-state index contributed by atoms with van der Waals surface area (Å²) in [6, 6.07) is 0. The molecule has 4 heteroatoms. The van der Waals surface area contributed by atoms with Crippen LogP contribution in [0.4, 0.5) is 0 Å². The third kappa shape index (κ3) is 15.9. The molecule has 0 aromatic carbocycles. The molecule has 0 saturated carbocycles. The number of ketones is 1. The van der Waals surface area contributed by atoms with Crippen molar-refractivity contribution < 1.29 is 14.3 Å². The average molecular weight is 262 g/mol. The molecule has 0 unspecified atom stereocenters. The lowest BCUT2D eigenvalue weighted by Gasteiger charge is -2.17. The van der Waals surface area contributed by atoms with Crippen molar-refractivity contribution in [2.75, 3.05) is 37.9 Å². The Labute approximate surface area is 110 Å². The fourth-order valence-electron chi connectivity index (χ4n) is 1.03. The van der Waals surface area contributed by atoms with Crippen LogP contribution in [-0.4, -0.2) is 43.7 Å². The van der Waals surface area contributed by atoms with Crippen molar-refractivity contribution in [1.82, 2.24) is 0 Å². The molecule has 0 fully saturated rings. The molecule has 0 aliphatic rings. The Morgan fingerprint density at radius 2 is 1.65 bits per heavy atom. The summed E-state index contributed by atoms with van der Waals surface area (Å²) < 4.78 is 10.7. The lowest BCUT2D eigenvalue weighted by Crippen LogP contribution is -2.11. The van der Waals surface area contributed by atoms with Crippen LogP contribution in [0, 0.1) is 5.41 Å². The molecule has 102 valence electrons. The van der Waals surface area contributed by atoms with Crippen molar-refractivity contribution in [3.63, 3.8) is 0 Å². The lowest BCUT2D eigenvalue weighted by atomic mass is 10.0. The van der Waals surface area contributed by atoms with Crippen molar-refractivity contribution in [2.24, 2.45) is 5.41 Å². The van der Waals surface area contributed by atoms with Gasteiger partial charge in [-0.25, -0.2) is 0 Å². The highest BCUT2D eigenvalue weighted by atomic mass is 32.2. The number of thioether (sulfide) groups is 1. The van der Waals surface area contributed by atoms with Crippen molar-refractivity contribution in [1.29, 1.82) is 0 Å². The number of hydrogen-bond acceptors (Lipinski definition) is 4. The molecule has 17 heavy (non-hydrogen) atoms. The Kier molecular flexibility index (Phi) is 9.88. The molecule has 0 rings (SSSR count). The highest BCUT2D eigenvalue weighted by Crippen LogP contribution is 2.19. The van der Waals surface area contributed by atoms with Gasteiger partial charge in [0.1, 0.15) is 5.78 Å². The first-order valence-corrected chi connectivity index (χ1v) is 7.30. The number of carbonyl (C=O) groups is 1. The van der Waals surface area contributed by atoms with Gasteiger partial charge in [-0.1, -0.05) is 20.8 Å². The summed E-state index contributed by atoms with van der Waals surface area (Å²) in [5.74, 6) is 2.36. The predicted octanol–water partition coefficient (Wildman–Crippen LogP) is 2.78. The quantitative estimate of drug-likeness (QED) is 0.567. The van der Waals surface area contributed by atoms with Gasteiger partial charge < -0.3 is 9.47 Å². The first kappa shape index (κ1) is 16.9. The van der Waals surface area contributed by atoms with Crippen LogP contribution >= 0.6 is 11.8 Å². The first-order chi connectivity index (χ1) is 7.92. The van der Waals surface area contributed by atoms with Crippen LogP contribution in [0.3, 0.4) is 0 Å². The van der Waals surface area contributed by atoms with Gasteiger partial charge in [-0.2, -0.15) is 11.8 Å². The van der Waals surface area contributed by atoms with Gasteiger partial charge in [-0.15, -0.1) is 0 Å². The molecule has 0 bridgehead atoms. The van der Waals surface area contributed by atoms with E-state index in [0.29, 0.717) is 31.7 Å². The maximum Gasteiger partial charge on any atom is 0.132 e. The molecule has 0 aromatic heterocycles. The topological polar surface area (TPSA) is 35.5 Å². The molecule has 0 radical (unpaired) electrons. The zero-order valence-electron chi connectivity index (χ0n) is 11.6. The molecule has 0 spiro atoms. The van der Waals surface area contributed by atoms with Crippen LogP contribution in [0.2, 0.25) is 0 Å². The summed E-state index contributed by atoms with van der Waals surface area (Å²) in [5, 5.41) is 0. The molecule has 0 aliphatic carbocycles. The number of hydrogen-bond donors (Lipinski definition) is 0. The normalized spacial score (nSPS) is 11.8. The Morgan fingerprint density at radius 3 is 2.18 bits per heavy atom. The van der Waals surface area contributed by atoms with Crippen LogP contribution in [-0.2, 0) is 14.3 Å². The zero-order chi connectivity index (χ0) is 13.1. The monoisotopic (exact) mass is 262 g/mol. The minimum absolute atomic E-state index is 0.171. The van der Waals surface area contributed by atoms with Gasteiger partial charge >= 0.3 is 0 Å². The van der Waals surface area contributed by atoms with E-state index in [4.69, 9.17) is 9.47 Å². The van der Waals surface area contributed by atoms with Crippen molar-refractivity contribution in [2.45, 2.75) is 34.1 Å². The van der Waals surface area contributed by atoms with Gasteiger partial charge in [-0.05, 0) is 18.1 Å². The number of Topliss-reactive ketones (excluding diaryl/α,β-unsaturated/α-hetero) is 1. The third-order valence-corrected chi connectivity index (χ3v) is 3.40. The van der Waals surface area contributed by atoms with Crippen molar-refractivity contribution in [3.05, 3.63) is 0 Å². The Morgan fingerprint density at radius 1 is 1.06 bits per heavy atom. The van der Waals surface area contributed by atoms with E-state index >= 15 is 0 Å². The van der Waals surface area contributed by atoms with E-state index in [1.54, 1.807) is 6.92 Å². The minimum Gasteiger partial charge on any atom is -0.379 e. The Hall–Kier alpha value is -0.0600. The number of ether oxygens (including phenoxy) is 2. The van der Waals surface area contributed by atoms with Crippen LogP contribution in [0.1, 0.15) is 34.1 Å². The van der Waals surface area contributed by atoms with E-state index in [2.05, 4.69) is 20.8 Å². The molecule has 3 nitrogen and oxygen atoms in total. The largest absolute Gasteiger partial charge is 0.379 e. The molecule has 0 amide bonds. The van der Waals surface area contributed by atoms with Crippen LogP contribution < -0.4 is 0 Å². The molecule has 0 N–H and O–H groups in total. The molecule has 0 aliphatic heterocycles. The average Bonchev–Trinajstić information content (AvgIpc) is 2.18. The zero-order valence-corrected chi connectivity index (χ0v) is 12.4. The molecule has 0 saturated heterocycles. The second-order valence-electron chi connectivity index (χ2n) is 5.29. The first-order valence-electron chi connectivity index (χ1n) is 6.14. The standard InChI is InChI=1S/C13H26O3S/c1-12(14)5-6-15-7-8-16-9-10-17-11-13(2,3)4/h5-11H2,1-4H3. The van der Waals surface area contributed by atoms with Gasteiger partial charge in [0, 0.05) is 12.2 Å². The van der Waals surface area contributed by atoms with Crippen LogP contribution in [0.5, 0.6) is 0 Å². The highest BCUT2D eigenvalue weighted by molar-refractivity contribution is 7.99. The Balaban J connectivity index is 3.06. The lowest BCUT2D eigenvalue weighted by molar-refractivity contribution is -0.118. The molecular weight excluding hydrogens is 236 g/mol. The maximum absolute atomic E-state index is 10.6. The van der Waals surface area contributed by atoms with Gasteiger partial charge in [0.2, 0.25) is 0 Å². The van der Waals surface area contributed by atoms with E-state index < -0.39 is 0 Å². The van der Waals surface area contributed by atoms with Crippen molar-refractivity contribution >= 4 is 17.5 Å². The fourth-order valence-corrected chi connectivity index (χ4v) is 2.03. The smallest absolute Gasteiger partial charge is 0.132 e. The Bertz CT molecular complexity index is 199. The summed E-state index contributed by atoms with van der Waals surface area (Å²) in [5.41, 5.74) is 0.389. The fraction of sp³-hybridized carbons (Fsp3) is 0.923. The second kappa shape index (κ2) is 9.92. The van der Waals surface area contributed by atoms with Crippen molar-refractivity contribution in [3.8, 4) is 0 Å². The predicted molar refractivity (Wildman–Crippen MR) is 73.7 cm³/mol. The van der Waals surface area contributed by atoms with E-state index in [1.165, 1.54) is 0 Å². The molecule has 0 heterocycles. The van der Waals surface area contributed by atoms with Gasteiger partial charge in [0.15, 0.2) is 0 Å². The summed E-state index contributed by atoms with van der Waals surface area (Å²) in [4.78, 5) is 10.6. The van der Waals surface area contributed by atoms with Gasteiger partial charge in [-0.3, -0.25) is 4.79 Å². The summed E-state index contributed by atoms with van der Waals surface area (Å²) in [7, 11) is 0. The maximum atomic E-state index is 10.6. The van der Waals surface area contributed by atoms with E-state index in [1.807, 2.05) is 11.8 Å². The number of carbonyl (C=O) groups excluding carboxylic acids is 1. The second-order valence-corrected chi connectivity index (χ2v) is 6.40. The SMILES string of the molecule is CC(=O)CCOCCOCCSCC(C)(C)C. The van der Waals surface area contributed by atoms with E-state index in [9.17, 15) is 4.79 Å². The third-order valence-electron chi connectivity index (χ3n) is 1.88. The van der Waals surface area contributed by atoms with E-state index in [0.717, 1.165) is 18.1 Å². The summed E-state index contributed by atoms with van der Waals surface area (Å²) in [6.07, 6.45) is 0.501. The van der Waals surface area contributed by atoms with Gasteiger partial charge in [0.05, 0.1) is 26.4 Å². The molecule has 0 atom stereocenters. The van der Waals surface area contributed by atoms with Crippen LogP contribution in [0.15, 0.2) is 0 Å².